The van der Waals surface area contributed by atoms with Gasteiger partial charge in [-0.2, -0.15) is 0 Å². The second-order valence-electron chi connectivity index (χ2n) is 4.95. The van der Waals surface area contributed by atoms with Crippen molar-refractivity contribution in [1.29, 1.82) is 0 Å². The van der Waals surface area contributed by atoms with Crippen LogP contribution in [0.5, 0.6) is 0 Å². The molecule has 0 heterocycles. The smallest absolute Gasteiger partial charge is 0.219 e. The average molecular weight is 398 g/mol. The summed E-state index contributed by atoms with van der Waals surface area (Å²) in [5.41, 5.74) is 0. The molecule has 6 nitrogen and oxygen atoms in total. The zero-order valence-electron chi connectivity index (χ0n) is 13.3. The Balaban J connectivity index is -0.0000000860. The SMILES string of the molecule is C.C.C.C.C.C.C.CCCN(CCN(CCN(C)C(C)=O)C(C)=O)C(C)=O. The molecule has 0 N–H and O–H groups in total. The van der Waals surface area contributed by atoms with Crippen LogP contribution in [0.25, 0.3) is 0 Å². The van der Waals surface area contributed by atoms with Crippen LogP contribution in [0, 0.1) is 0 Å². The van der Waals surface area contributed by atoms with Gasteiger partial charge in [0, 0.05) is 60.5 Å². The van der Waals surface area contributed by atoms with Crippen molar-refractivity contribution in [2.75, 3.05) is 39.8 Å². The number of hydrogen-bond donors (Lipinski definition) is 0. The Morgan fingerprint density at radius 1 is 0.556 bits per heavy atom. The third-order valence-electron chi connectivity index (χ3n) is 3.27. The molecule has 0 bridgehead atoms. The maximum absolute atomic E-state index is 11.6. The van der Waals surface area contributed by atoms with E-state index in [4.69, 9.17) is 0 Å². The summed E-state index contributed by atoms with van der Waals surface area (Å²) in [7, 11) is 1.71. The van der Waals surface area contributed by atoms with Gasteiger partial charge in [0.2, 0.25) is 17.7 Å². The van der Waals surface area contributed by atoms with Crippen molar-refractivity contribution in [3.63, 3.8) is 0 Å². The summed E-state index contributed by atoms with van der Waals surface area (Å²) < 4.78 is 0. The molecule has 0 aromatic rings. The van der Waals surface area contributed by atoms with E-state index in [2.05, 4.69) is 0 Å². The van der Waals surface area contributed by atoms with E-state index in [-0.39, 0.29) is 69.7 Å². The number of hydrogen-bond acceptors (Lipinski definition) is 3. The molecule has 0 saturated carbocycles. The summed E-state index contributed by atoms with van der Waals surface area (Å²) in [5, 5.41) is 0. The van der Waals surface area contributed by atoms with Gasteiger partial charge in [-0.3, -0.25) is 14.4 Å². The van der Waals surface area contributed by atoms with Crippen LogP contribution in [0.1, 0.15) is 86.1 Å². The van der Waals surface area contributed by atoms with Crippen LogP contribution in [-0.4, -0.2) is 72.2 Å². The van der Waals surface area contributed by atoms with Crippen LogP contribution >= 0.6 is 0 Å². The van der Waals surface area contributed by atoms with E-state index in [9.17, 15) is 14.4 Å². The third-order valence-corrected chi connectivity index (χ3v) is 3.27. The van der Waals surface area contributed by atoms with Crippen LogP contribution in [0.2, 0.25) is 0 Å². The van der Waals surface area contributed by atoms with Crippen molar-refractivity contribution < 1.29 is 14.4 Å². The van der Waals surface area contributed by atoms with E-state index in [0.717, 1.165) is 6.42 Å². The van der Waals surface area contributed by atoms with Crippen molar-refractivity contribution in [2.24, 2.45) is 0 Å². The predicted molar refractivity (Wildman–Crippen MR) is 125 cm³/mol. The highest BCUT2D eigenvalue weighted by Gasteiger charge is 2.14. The number of carbonyl (C=O) groups excluding carboxylic acids is 3. The first kappa shape index (κ1) is 50.0. The summed E-state index contributed by atoms with van der Waals surface area (Å²) in [5.74, 6) is -0.0389. The fraction of sp³-hybridized carbons (Fsp3) is 0.857. The highest BCUT2D eigenvalue weighted by atomic mass is 16.2. The fourth-order valence-electron chi connectivity index (χ4n) is 1.79. The first-order chi connectivity index (χ1) is 9.29. The lowest BCUT2D eigenvalue weighted by Crippen LogP contribution is -2.43. The number of rotatable bonds is 8. The fourth-order valence-corrected chi connectivity index (χ4v) is 1.79. The van der Waals surface area contributed by atoms with Gasteiger partial charge in [-0.15, -0.1) is 0 Å². The lowest BCUT2D eigenvalue weighted by atomic mass is 10.3. The number of nitrogens with zero attached hydrogens (tertiary/aromatic N) is 3. The standard InChI is InChI=1S/C14H27N3O3.7CH4/c1-6-7-16(13(3)19)10-11-17(14(4)20)9-8-15(5)12(2)18;;;;;;;/h6-11H2,1-5H3;7*1H4. The number of likely N-dealkylation sites (N-methyl/N-ethyl adjacent to an activating group) is 1. The van der Waals surface area contributed by atoms with Gasteiger partial charge in [0.05, 0.1) is 0 Å². The molecule has 0 unspecified atom stereocenters. The van der Waals surface area contributed by atoms with Crippen molar-refractivity contribution in [3.05, 3.63) is 0 Å². The molecular weight excluding hydrogens is 342 g/mol. The first-order valence-electron chi connectivity index (χ1n) is 7.02. The van der Waals surface area contributed by atoms with E-state index in [0.29, 0.717) is 32.7 Å². The molecule has 6 heteroatoms. The highest BCUT2D eigenvalue weighted by Crippen LogP contribution is 1.97. The van der Waals surface area contributed by atoms with Gasteiger partial charge in [0.25, 0.3) is 0 Å². The summed E-state index contributed by atoms with van der Waals surface area (Å²) in [4.78, 5) is 39.1. The molecule has 0 saturated heterocycles. The molecule has 0 aromatic carbocycles. The quantitative estimate of drug-likeness (QED) is 0.577. The van der Waals surface area contributed by atoms with E-state index < -0.39 is 0 Å². The van der Waals surface area contributed by atoms with Gasteiger partial charge in [-0.05, 0) is 6.42 Å². The Morgan fingerprint density at radius 2 is 0.852 bits per heavy atom. The summed E-state index contributed by atoms with van der Waals surface area (Å²) >= 11 is 0. The van der Waals surface area contributed by atoms with Gasteiger partial charge in [0.1, 0.15) is 0 Å². The molecule has 0 atom stereocenters. The minimum absolute atomic E-state index is 0. The highest BCUT2D eigenvalue weighted by molar-refractivity contribution is 5.75. The second kappa shape index (κ2) is 26.6. The van der Waals surface area contributed by atoms with E-state index in [1.165, 1.54) is 20.8 Å². The largest absolute Gasteiger partial charge is 0.344 e. The molecule has 0 aliphatic rings. The predicted octanol–water partition coefficient (Wildman–Crippen LogP) is 5.02. The van der Waals surface area contributed by atoms with Crippen molar-refractivity contribution in [2.45, 2.75) is 86.1 Å². The maximum atomic E-state index is 11.6. The average Bonchev–Trinajstić information content (AvgIpc) is 2.35. The van der Waals surface area contributed by atoms with Crippen LogP contribution in [0.15, 0.2) is 0 Å². The Bertz CT molecular complexity index is 348. The molecule has 0 fully saturated rings. The summed E-state index contributed by atoms with van der Waals surface area (Å²) in [6.45, 7) is 9.29. The van der Waals surface area contributed by atoms with Gasteiger partial charge in [-0.1, -0.05) is 58.9 Å². The molecule has 0 aliphatic carbocycles. The summed E-state index contributed by atoms with van der Waals surface area (Å²) in [6.07, 6.45) is 0.896. The van der Waals surface area contributed by atoms with Gasteiger partial charge in [0.15, 0.2) is 0 Å². The van der Waals surface area contributed by atoms with Gasteiger partial charge >= 0.3 is 0 Å². The summed E-state index contributed by atoms with van der Waals surface area (Å²) in [6, 6.07) is 0. The third kappa shape index (κ3) is 22.4. The normalized spacial score (nSPS) is 7.44. The zero-order chi connectivity index (χ0) is 15.7. The van der Waals surface area contributed by atoms with E-state index in [1.54, 1.807) is 21.7 Å². The molecule has 3 amide bonds. The minimum Gasteiger partial charge on any atom is -0.344 e. The lowest BCUT2D eigenvalue weighted by Gasteiger charge is -2.27. The Hall–Kier alpha value is -1.59. The van der Waals surface area contributed by atoms with Crippen molar-refractivity contribution in [3.8, 4) is 0 Å². The first-order valence-corrected chi connectivity index (χ1v) is 7.02. The number of carbonyl (C=O) groups is 3. The lowest BCUT2D eigenvalue weighted by molar-refractivity contribution is -0.134. The Morgan fingerprint density at radius 3 is 1.11 bits per heavy atom. The van der Waals surface area contributed by atoms with Gasteiger partial charge < -0.3 is 14.7 Å². The molecular formula is C21H55N3O3. The molecule has 0 rings (SSSR count). The minimum atomic E-state index is -0.0399. The molecule has 0 radical (unpaired) electrons. The molecule has 0 aliphatic heterocycles. The zero-order valence-corrected chi connectivity index (χ0v) is 13.3. The Kier molecular flexibility index (Phi) is 49.3. The Labute approximate surface area is 173 Å². The second-order valence-corrected chi connectivity index (χ2v) is 4.95. The van der Waals surface area contributed by atoms with Crippen LogP contribution < -0.4 is 0 Å². The van der Waals surface area contributed by atoms with E-state index in [1.807, 2.05) is 6.92 Å². The monoisotopic (exact) mass is 397 g/mol. The van der Waals surface area contributed by atoms with Crippen LogP contribution in [0.4, 0.5) is 0 Å². The maximum Gasteiger partial charge on any atom is 0.219 e. The molecule has 172 valence electrons. The molecule has 27 heavy (non-hydrogen) atoms. The molecule has 0 aromatic heterocycles. The topological polar surface area (TPSA) is 60.9 Å². The van der Waals surface area contributed by atoms with Crippen molar-refractivity contribution >= 4 is 17.7 Å². The molecule has 0 spiro atoms. The van der Waals surface area contributed by atoms with Gasteiger partial charge in [-0.25, -0.2) is 0 Å². The number of amides is 3. The van der Waals surface area contributed by atoms with Crippen LogP contribution in [0.3, 0.4) is 0 Å². The van der Waals surface area contributed by atoms with Crippen LogP contribution in [-0.2, 0) is 14.4 Å². The van der Waals surface area contributed by atoms with Crippen molar-refractivity contribution in [1.82, 2.24) is 14.7 Å². The van der Waals surface area contributed by atoms with E-state index >= 15 is 0 Å².